The van der Waals surface area contributed by atoms with Crippen LogP contribution < -0.4 is 0 Å². The van der Waals surface area contributed by atoms with Gasteiger partial charge in [0.15, 0.2) is 0 Å². The van der Waals surface area contributed by atoms with Crippen LogP contribution in [0.25, 0.3) is 0 Å². The van der Waals surface area contributed by atoms with Gasteiger partial charge < -0.3 is 10.2 Å². The summed E-state index contributed by atoms with van der Waals surface area (Å²) >= 11 is 0. The molecule has 3 aromatic rings. The standard InChI is InChI=1S/C50H72N6O2/c1-50(45-27-39(33-51-14-2-3-15-51)26-40(28-45)34-52-16-4-5-17-52,46-29-41(35-53-18-6-7-19-53)48(57)42(30-46)36-54-20-8-9-21-54)47-31-43(37-55-22-10-11-23-55)49(58)44(32-47)38-56-24-12-13-25-56/h26-32,57-58H,2-25,33-38H2,1H3. The molecular formula is C50H72N6O2. The van der Waals surface area contributed by atoms with Crippen molar-refractivity contribution < 1.29 is 10.2 Å². The van der Waals surface area contributed by atoms with Gasteiger partial charge in [0, 0.05) is 66.9 Å². The molecule has 0 radical (unpaired) electrons. The first-order valence-corrected chi connectivity index (χ1v) is 23.6. The number of likely N-dealkylation sites (tertiary alicyclic amines) is 6. The van der Waals surface area contributed by atoms with Crippen LogP contribution in [0.15, 0.2) is 42.5 Å². The van der Waals surface area contributed by atoms with Crippen molar-refractivity contribution in [3.8, 4) is 11.5 Å². The Hall–Kier alpha value is -2.98. The summed E-state index contributed by atoms with van der Waals surface area (Å²) in [4.78, 5) is 15.5. The van der Waals surface area contributed by atoms with E-state index in [1.54, 1.807) is 0 Å². The van der Waals surface area contributed by atoms with Crippen LogP contribution in [-0.2, 0) is 44.7 Å². The maximum atomic E-state index is 12.2. The van der Waals surface area contributed by atoms with E-state index < -0.39 is 5.41 Å². The average molecular weight is 789 g/mol. The second kappa shape index (κ2) is 18.3. The zero-order valence-corrected chi connectivity index (χ0v) is 35.8. The van der Waals surface area contributed by atoms with Gasteiger partial charge in [0.25, 0.3) is 0 Å². The Morgan fingerprint density at radius 1 is 0.345 bits per heavy atom. The second-order valence-corrected chi connectivity index (χ2v) is 19.3. The topological polar surface area (TPSA) is 59.9 Å². The summed E-state index contributed by atoms with van der Waals surface area (Å²) in [5.74, 6) is 0.995. The minimum absolute atomic E-state index is 0.498. The molecule has 6 aliphatic heterocycles. The maximum Gasteiger partial charge on any atom is 0.124 e. The van der Waals surface area contributed by atoms with Gasteiger partial charge >= 0.3 is 0 Å². The number of hydrogen-bond donors (Lipinski definition) is 2. The van der Waals surface area contributed by atoms with Gasteiger partial charge in [-0.2, -0.15) is 0 Å². The number of phenols is 2. The fraction of sp³-hybridized carbons (Fsp3) is 0.640. The SMILES string of the molecule is CC(c1cc(CN2CCCC2)cc(CN2CCCC2)c1)(c1cc(CN2CCCC2)c(O)c(CN2CCCC2)c1)c1cc(CN2CCCC2)c(O)c(CN2CCCC2)c1. The molecule has 0 aromatic heterocycles. The number of rotatable bonds is 15. The molecule has 58 heavy (non-hydrogen) atoms. The molecule has 8 nitrogen and oxygen atoms in total. The third-order valence-corrected chi connectivity index (χ3v) is 14.9. The van der Waals surface area contributed by atoms with Crippen molar-refractivity contribution in [1.29, 1.82) is 0 Å². The van der Waals surface area contributed by atoms with Crippen LogP contribution in [0.2, 0.25) is 0 Å². The van der Waals surface area contributed by atoms with Crippen LogP contribution in [-0.4, -0.2) is 118 Å². The van der Waals surface area contributed by atoms with E-state index in [-0.39, 0.29) is 0 Å². The zero-order valence-electron chi connectivity index (χ0n) is 35.8. The minimum atomic E-state index is -0.527. The van der Waals surface area contributed by atoms with E-state index in [1.807, 2.05) is 0 Å². The van der Waals surface area contributed by atoms with Crippen molar-refractivity contribution in [2.45, 2.75) is 129 Å². The lowest BCUT2D eigenvalue weighted by Crippen LogP contribution is -2.30. The summed E-state index contributed by atoms with van der Waals surface area (Å²) in [7, 11) is 0. The Morgan fingerprint density at radius 3 is 0.828 bits per heavy atom. The molecule has 0 amide bonds. The Morgan fingerprint density at radius 2 is 0.569 bits per heavy atom. The average Bonchev–Trinajstić information content (AvgIpc) is 4.06. The highest BCUT2D eigenvalue weighted by atomic mass is 16.3. The first-order valence-electron chi connectivity index (χ1n) is 23.6. The van der Waals surface area contributed by atoms with Gasteiger partial charge in [-0.25, -0.2) is 0 Å². The number of nitrogens with zero attached hydrogens (tertiary/aromatic N) is 6. The predicted molar refractivity (Wildman–Crippen MR) is 235 cm³/mol. The third kappa shape index (κ3) is 9.18. The van der Waals surface area contributed by atoms with E-state index in [4.69, 9.17) is 0 Å². The van der Waals surface area contributed by atoms with E-state index in [9.17, 15) is 10.2 Å². The van der Waals surface area contributed by atoms with E-state index in [2.05, 4.69) is 78.8 Å². The summed E-state index contributed by atoms with van der Waals surface area (Å²) < 4.78 is 0. The van der Waals surface area contributed by atoms with Crippen molar-refractivity contribution in [2.24, 2.45) is 0 Å². The lowest BCUT2D eigenvalue weighted by atomic mass is 9.69. The molecular weight excluding hydrogens is 717 g/mol. The normalized spacial score (nSPS) is 22.1. The molecule has 0 unspecified atom stereocenters. The lowest BCUT2D eigenvalue weighted by molar-refractivity contribution is 0.311. The van der Waals surface area contributed by atoms with Crippen LogP contribution >= 0.6 is 0 Å². The van der Waals surface area contributed by atoms with Crippen molar-refractivity contribution >= 4 is 0 Å². The Kier molecular flexibility index (Phi) is 12.8. The summed E-state index contributed by atoms with van der Waals surface area (Å²) in [5, 5.41) is 24.4. The van der Waals surface area contributed by atoms with Crippen molar-refractivity contribution in [3.63, 3.8) is 0 Å². The minimum Gasteiger partial charge on any atom is -0.507 e. The molecule has 6 fully saturated rings. The molecule has 0 bridgehead atoms. The largest absolute Gasteiger partial charge is 0.507 e. The monoisotopic (exact) mass is 789 g/mol. The molecule has 3 aromatic carbocycles. The summed E-state index contributed by atoms with van der Waals surface area (Å²) in [5.41, 5.74) is 10.5. The lowest BCUT2D eigenvalue weighted by Gasteiger charge is -2.36. The number of hydrogen-bond acceptors (Lipinski definition) is 8. The smallest absolute Gasteiger partial charge is 0.124 e. The highest BCUT2D eigenvalue weighted by molar-refractivity contribution is 5.58. The van der Waals surface area contributed by atoms with Gasteiger partial charge in [-0.15, -0.1) is 0 Å². The fourth-order valence-corrected chi connectivity index (χ4v) is 11.4. The predicted octanol–water partition coefficient (Wildman–Crippen LogP) is 8.03. The van der Waals surface area contributed by atoms with Gasteiger partial charge in [-0.1, -0.05) is 18.2 Å². The molecule has 0 spiro atoms. The van der Waals surface area contributed by atoms with Gasteiger partial charge in [-0.05, 0) is 215 Å². The molecule has 314 valence electrons. The molecule has 6 saturated heterocycles. The van der Waals surface area contributed by atoms with Crippen molar-refractivity contribution in [2.75, 3.05) is 78.5 Å². The van der Waals surface area contributed by atoms with Crippen LogP contribution in [0.5, 0.6) is 11.5 Å². The quantitative estimate of drug-likeness (QED) is 0.150. The Labute approximate surface area is 349 Å². The van der Waals surface area contributed by atoms with Gasteiger partial charge in [-0.3, -0.25) is 29.4 Å². The number of phenolic OH excluding ortho intramolecular Hbond substituents is 2. The van der Waals surface area contributed by atoms with E-state index in [1.165, 1.54) is 131 Å². The second-order valence-electron chi connectivity index (χ2n) is 19.3. The maximum absolute atomic E-state index is 12.2. The molecule has 0 aliphatic carbocycles. The molecule has 9 rings (SSSR count). The van der Waals surface area contributed by atoms with Crippen molar-refractivity contribution in [1.82, 2.24) is 29.4 Å². The Balaban J connectivity index is 1.24. The summed E-state index contributed by atoms with van der Waals surface area (Å²) in [6, 6.07) is 17.2. The van der Waals surface area contributed by atoms with Crippen LogP contribution in [0.4, 0.5) is 0 Å². The van der Waals surface area contributed by atoms with Crippen molar-refractivity contribution in [3.05, 3.63) is 92.5 Å². The molecule has 0 atom stereocenters. The van der Waals surface area contributed by atoms with Crippen LogP contribution in [0.3, 0.4) is 0 Å². The zero-order chi connectivity index (χ0) is 39.5. The van der Waals surface area contributed by atoms with E-state index in [0.717, 1.165) is 114 Å². The van der Waals surface area contributed by atoms with E-state index in [0.29, 0.717) is 11.5 Å². The molecule has 6 heterocycles. The summed E-state index contributed by atoms with van der Waals surface area (Å²) in [6.45, 7) is 21.1. The Bertz CT molecular complexity index is 1640. The van der Waals surface area contributed by atoms with Gasteiger partial charge in [0.2, 0.25) is 0 Å². The molecule has 0 saturated carbocycles. The van der Waals surface area contributed by atoms with E-state index >= 15 is 0 Å². The third-order valence-electron chi connectivity index (χ3n) is 14.9. The fourth-order valence-electron chi connectivity index (χ4n) is 11.4. The molecule has 6 aliphatic rings. The van der Waals surface area contributed by atoms with Gasteiger partial charge in [0.1, 0.15) is 11.5 Å². The van der Waals surface area contributed by atoms with Crippen LogP contribution in [0, 0.1) is 0 Å². The highest BCUT2D eigenvalue weighted by Gasteiger charge is 2.36. The highest BCUT2D eigenvalue weighted by Crippen LogP contribution is 2.45. The first kappa shape index (κ1) is 40.4. The molecule has 8 heteroatoms. The number of benzene rings is 3. The first-order chi connectivity index (χ1) is 28.4. The van der Waals surface area contributed by atoms with Crippen LogP contribution in [0.1, 0.15) is 134 Å². The number of aromatic hydroxyl groups is 2. The molecule has 2 N–H and O–H groups in total. The van der Waals surface area contributed by atoms with Gasteiger partial charge in [0.05, 0.1) is 0 Å². The summed E-state index contributed by atoms with van der Waals surface area (Å²) in [6.07, 6.45) is 15.0.